The summed E-state index contributed by atoms with van der Waals surface area (Å²) in [5, 5.41) is 20.1. The van der Waals surface area contributed by atoms with E-state index in [2.05, 4.69) is 18.0 Å². The van der Waals surface area contributed by atoms with Crippen molar-refractivity contribution in [3.05, 3.63) is 112 Å². The summed E-state index contributed by atoms with van der Waals surface area (Å²) in [4.78, 5) is 4.40. The minimum atomic E-state index is -4.79. The summed E-state index contributed by atoms with van der Waals surface area (Å²) >= 11 is 0. The Bertz CT molecular complexity index is 1870. The van der Waals surface area contributed by atoms with Gasteiger partial charge < -0.3 is 31.0 Å². The number of nitrogens with zero attached hydrogens (tertiary/aromatic N) is 1. The van der Waals surface area contributed by atoms with E-state index in [0.29, 0.717) is 23.3 Å². The van der Waals surface area contributed by atoms with Crippen LogP contribution in [0.5, 0.6) is 11.5 Å². The number of hydrogen-bond acceptors (Lipinski definition) is 7. The van der Waals surface area contributed by atoms with Gasteiger partial charge in [-0.15, -0.1) is 0 Å². The molecule has 9 nitrogen and oxygen atoms in total. The van der Waals surface area contributed by atoms with Gasteiger partial charge in [-0.05, 0) is 113 Å². The van der Waals surface area contributed by atoms with Crippen molar-refractivity contribution in [1.82, 2.24) is 0 Å². The summed E-state index contributed by atoms with van der Waals surface area (Å²) in [5.41, 5.74) is 17.5. The van der Waals surface area contributed by atoms with E-state index in [1.54, 1.807) is 12.1 Å². The summed E-state index contributed by atoms with van der Waals surface area (Å²) in [6.07, 6.45) is 6.39. The van der Waals surface area contributed by atoms with Crippen molar-refractivity contribution in [3.8, 4) is 11.5 Å². The average Bonchev–Trinajstić information content (AvgIpc) is 3.02. The zero-order valence-electron chi connectivity index (χ0n) is 26.5. The number of hydrogen-bond donors (Lipinski definition) is 4. The van der Waals surface area contributed by atoms with Crippen molar-refractivity contribution in [2.24, 2.45) is 34.2 Å². The molecule has 10 rings (SSSR count). The Morgan fingerprint density at radius 3 is 2.53 bits per heavy atom. The van der Waals surface area contributed by atoms with Crippen LogP contribution < -0.4 is 45.8 Å². The first-order valence-electron chi connectivity index (χ1n) is 15.8. The van der Waals surface area contributed by atoms with E-state index in [4.69, 9.17) is 16.2 Å². The van der Waals surface area contributed by atoms with E-state index in [-0.39, 0.29) is 71.4 Å². The molecule has 4 heterocycles. The third kappa shape index (κ3) is 6.51. The van der Waals surface area contributed by atoms with Crippen LogP contribution in [0.3, 0.4) is 0 Å². The van der Waals surface area contributed by atoms with Crippen LogP contribution in [0.1, 0.15) is 83.7 Å². The van der Waals surface area contributed by atoms with E-state index in [1.807, 2.05) is 48.6 Å². The number of rotatable bonds is 4. The molecule has 4 aliphatic heterocycles. The molecule has 0 amide bonds. The number of aliphatic hydroxyl groups excluding tert-OH is 1. The Balaban J connectivity index is 0.00000386. The van der Waals surface area contributed by atoms with E-state index < -0.39 is 33.6 Å². The van der Waals surface area contributed by atoms with Crippen LogP contribution in [0.4, 0.5) is 0 Å². The maximum Gasteiger partial charge on any atom is 1.00 e. The fourth-order valence-corrected chi connectivity index (χ4v) is 9.27. The largest absolute Gasteiger partial charge is 1.00 e. The fourth-order valence-electron chi connectivity index (χ4n) is 8.20. The second kappa shape index (κ2) is 13.1. The summed E-state index contributed by atoms with van der Waals surface area (Å²) in [6.45, 7) is 2.12. The van der Waals surface area contributed by atoms with E-state index in [1.165, 1.54) is 12.1 Å². The molecule has 6 N–H and O–H groups in total. The van der Waals surface area contributed by atoms with Gasteiger partial charge in [-0.25, -0.2) is 13.4 Å². The van der Waals surface area contributed by atoms with Crippen molar-refractivity contribution in [1.29, 1.82) is 0 Å². The number of aliphatic hydroxyl groups is 1. The number of aromatic hydroxyl groups is 1. The normalized spacial score (nSPS) is 28.1. The SMILES string of the molecule is CC1CCc2cc3ccc2C1CC(S(=O)(=O)[O-])C1C=C(C(O)c2ccc(O)cc2)CC2C=Cc4cc(ccc4C21)C(N=C(N)N)O3.[Na+]. The summed E-state index contributed by atoms with van der Waals surface area (Å²) in [7, 11) is -4.79. The van der Waals surface area contributed by atoms with Gasteiger partial charge in [-0.1, -0.05) is 55.5 Å². The third-order valence-corrected chi connectivity index (χ3v) is 11.7. The average molecular weight is 664 g/mol. The van der Waals surface area contributed by atoms with Gasteiger partial charge >= 0.3 is 29.6 Å². The fraction of sp³-hybridized carbons (Fsp3) is 0.361. The van der Waals surface area contributed by atoms with E-state index in [0.717, 1.165) is 40.7 Å². The second-order valence-electron chi connectivity index (χ2n) is 13.2. The summed E-state index contributed by atoms with van der Waals surface area (Å²) < 4.78 is 46.6. The predicted octanol–water partition coefficient (Wildman–Crippen LogP) is 2.14. The molecule has 7 aliphatic rings. The van der Waals surface area contributed by atoms with Crippen molar-refractivity contribution in [3.63, 3.8) is 0 Å². The molecule has 0 saturated carbocycles. The first-order valence-corrected chi connectivity index (χ1v) is 17.3. The summed E-state index contributed by atoms with van der Waals surface area (Å²) in [6, 6.07) is 18.0. The molecular formula is C36H38N3NaO6S. The zero-order chi connectivity index (χ0) is 32.3. The number of aryl methyl sites for hydroxylation is 1. The molecule has 3 aliphatic carbocycles. The Hall–Kier alpha value is -3.12. The van der Waals surface area contributed by atoms with Crippen LogP contribution in [0.25, 0.3) is 6.08 Å². The Labute approximate surface area is 297 Å². The van der Waals surface area contributed by atoms with Gasteiger partial charge in [0.25, 0.3) is 0 Å². The van der Waals surface area contributed by atoms with Gasteiger partial charge in [-0.2, -0.15) is 0 Å². The number of aliphatic imine (C=N–C) groups is 1. The van der Waals surface area contributed by atoms with Crippen LogP contribution in [0, 0.1) is 17.8 Å². The molecule has 3 aromatic rings. The van der Waals surface area contributed by atoms with Crippen LogP contribution in [-0.4, -0.2) is 34.4 Å². The first-order chi connectivity index (χ1) is 22.0. The van der Waals surface area contributed by atoms with Crippen molar-refractivity contribution in [2.45, 2.75) is 62.0 Å². The molecule has 240 valence electrons. The molecule has 0 radical (unpaired) electrons. The van der Waals surface area contributed by atoms with Crippen LogP contribution in [0.2, 0.25) is 0 Å². The molecule has 3 aromatic carbocycles. The molecule has 0 aromatic heterocycles. The Morgan fingerprint density at radius 1 is 1.06 bits per heavy atom. The van der Waals surface area contributed by atoms with Crippen LogP contribution in [-0.2, 0) is 16.5 Å². The van der Waals surface area contributed by atoms with Crippen LogP contribution in [0.15, 0.2) is 83.4 Å². The minimum absolute atomic E-state index is 0. The topological polar surface area (TPSA) is 171 Å². The van der Waals surface area contributed by atoms with E-state index >= 15 is 0 Å². The number of benzene rings is 3. The Kier molecular flexibility index (Phi) is 9.38. The Morgan fingerprint density at radius 2 is 1.81 bits per heavy atom. The predicted molar refractivity (Wildman–Crippen MR) is 175 cm³/mol. The molecule has 0 saturated heterocycles. The molecule has 8 bridgehead atoms. The maximum absolute atomic E-state index is 13.4. The van der Waals surface area contributed by atoms with Crippen LogP contribution >= 0.6 is 0 Å². The van der Waals surface area contributed by atoms with Crippen molar-refractivity contribution >= 4 is 22.2 Å². The quantitative estimate of drug-likeness (QED) is 0.108. The number of phenols is 1. The number of nitrogens with two attached hydrogens (primary N) is 2. The first kappa shape index (κ1) is 33.8. The monoisotopic (exact) mass is 663 g/mol. The third-order valence-electron chi connectivity index (χ3n) is 10.5. The molecular weight excluding hydrogens is 625 g/mol. The number of allylic oxidation sites excluding steroid dienone is 2. The molecule has 11 heteroatoms. The van der Waals surface area contributed by atoms with Gasteiger partial charge in [0.15, 0.2) is 5.96 Å². The summed E-state index contributed by atoms with van der Waals surface area (Å²) in [5.74, 6) is -0.592. The number of ether oxygens (including phenoxy) is 1. The van der Waals surface area contributed by atoms with Crippen molar-refractivity contribution < 1.29 is 57.5 Å². The molecule has 47 heavy (non-hydrogen) atoms. The maximum atomic E-state index is 13.4. The van der Waals surface area contributed by atoms with Gasteiger partial charge in [0, 0.05) is 11.5 Å². The zero-order valence-corrected chi connectivity index (χ0v) is 29.3. The van der Waals surface area contributed by atoms with Gasteiger partial charge in [0.1, 0.15) is 17.6 Å². The minimum Gasteiger partial charge on any atom is -0.748 e. The van der Waals surface area contributed by atoms with E-state index in [9.17, 15) is 23.2 Å². The van der Waals surface area contributed by atoms with Gasteiger partial charge in [0.2, 0.25) is 6.23 Å². The molecule has 0 fully saturated rings. The second-order valence-corrected chi connectivity index (χ2v) is 14.8. The number of phenolic OH excluding ortho intramolecular Hbond substituents is 1. The number of guanidine groups is 1. The smallest absolute Gasteiger partial charge is 0.748 e. The standard InChI is InChI=1S/C36H39N3O6S.Na/c1-19-2-3-22-16-27-11-13-28(22)30(19)18-32(46(42,43)44)31-17-25(34(41)20-6-9-26(40)10-7-20)15-23-5-4-21-14-24(8-12-29(21)33(23)31)35(45-27)39-36(37)38;/h4-14,16-17,19,23,30-35,40-41H,2-3,15,18H2,1H3,(H4,37,38,39)(H,42,43,44);/q;+1/p-1. The van der Waals surface area contributed by atoms with Crippen molar-refractivity contribution in [2.75, 3.05) is 0 Å². The molecule has 8 unspecified atom stereocenters. The van der Waals surface area contributed by atoms with Gasteiger partial charge in [-0.3, -0.25) is 0 Å². The molecule has 0 spiro atoms. The molecule has 8 atom stereocenters. The van der Waals surface area contributed by atoms with Gasteiger partial charge in [0.05, 0.1) is 15.4 Å².